The number of amides is 1. The van der Waals surface area contributed by atoms with Crippen molar-refractivity contribution in [3.05, 3.63) is 29.3 Å². The summed E-state index contributed by atoms with van der Waals surface area (Å²) in [6.45, 7) is 2.39. The minimum absolute atomic E-state index is 0.0105. The number of hydrogen-bond acceptors (Lipinski definition) is 3. The first kappa shape index (κ1) is 13.8. The summed E-state index contributed by atoms with van der Waals surface area (Å²) in [4.78, 5) is 11.5. The molecule has 0 aliphatic rings. The topological polar surface area (TPSA) is 64.3 Å². The molecular formula is C12H17ClN2O2. The van der Waals surface area contributed by atoms with Crippen LogP contribution < -0.4 is 15.8 Å². The monoisotopic (exact) mass is 256 g/mol. The largest absolute Gasteiger partial charge is 0.484 e. The molecule has 94 valence electrons. The average molecular weight is 257 g/mol. The van der Waals surface area contributed by atoms with Gasteiger partial charge in [0.1, 0.15) is 5.75 Å². The van der Waals surface area contributed by atoms with Gasteiger partial charge in [0.05, 0.1) is 0 Å². The maximum atomic E-state index is 11.5. The molecule has 0 radical (unpaired) electrons. The van der Waals surface area contributed by atoms with Crippen molar-refractivity contribution in [2.24, 2.45) is 5.73 Å². The SMILES string of the molecule is CCC(CN)NC(=O)COc1ccc(Cl)cc1. The Labute approximate surface area is 106 Å². The van der Waals surface area contributed by atoms with Gasteiger partial charge in [-0.1, -0.05) is 18.5 Å². The lowest BCUT2D eigenvalue weighted by molar-refractivity contribution is -0.123. The molecule has 1 aromatic carbocycles. The van der Waals surface area contributed by atoms with Crippen molar-refractivity contribution < 1.29 is 9.53 Å². The molecule has 0 aliphatic carbocycles. The fourth-order valence-electron chi connectivity index (χ4n) is 1.28. The fraction of sp³-hybridized carbons (Fsp3) is 0.417. The zero-order valence-corrected chi connectivity index (χ0v) is 10.5. The van der Waals surface area contributed by atoms with Gasteiger partial charge >= 0.3 is 0 Å². The minimum atomic E-state index is -0.169. The third-order valence-corrected chi connectivity index (χ3v) is 2.58. The summed E-state index contributed by atoms with van der Waals surface area (Å²) in [6.07, 6.45) is 0.809. The van der Waals surface area contributed by atoms with E-state index in [0.29, 0.717) is 17.3 Å². The summed E-state index contributed by atoms with van der Waals surface area (Å²) in [5.41, 5.74) is 5.49. The zero-order chi connectivity index (χ0) is 12.7. The van der Waals surface area contributed by atoms with Gasteiger partial charge in [0.25, 0.3) is 5.91 Å². The average Bonchev–Trinajstić information content (AvgIpc) is 2.35. The van der Waals surface area contributed by atoms with Crippen LogP contribution in [0, 0.1) is 0 Å². The van der Waals surface area contributed by atoms with Crippen molar-refractivity contribution in [2.75, 3.05) is 13.2 Å². The lowest BCUT2D eigenvalue weighted by atomic mass is 10.2. The van der Waals surface area contributed by atoms with Crippen molar-refractivity contribution in [2.45, 2.75) is 19.4 Å². The van der Waals surface area contributed by atoms with Gasteiger partial charge < -0.3 is 15.8 Å². The molecule has 0 heterocycles. The Bertz CT molecular complexity index is 350. The molecule has 17 heavy (non-hydrogen) atoms. The number of carbonyl (C=O) groups is 1. The van der Waals surface area contributed by atoms with E-state index in [2.05, 4.69) is 5.32 Å². The number of carbonyl (C=O) groups excluding carboxylic acids is 1. The number of nitrogens with one attached hydrogen (secondary N) is 1. The first-order valence-corrected chi connectivity index (χ1v) is 5.91. The second kappa shape index (κ2) is 7.14. The summed E-state index contributed by atoms with van der Waals surface area (Å²) in [6, 6.07) is 6.87. The zero-order valence-electron chi connectivity index (χ0n) is 9.78. The summed E-state index contributed by atoms with van der Waals surface area (Å²) >= 11 is 5.73. The second-order valence-electron chi connectivity index (χ2n) is 3.65. The normalized spacial score (nSPS) is 11.9. The quantitative estimate of drug-likeness (QED) is 0.812. The summed E-state index contributed by atoms with van der Waals surface area (Å²) < 4.78 is 5.30. The highest BCUT2D eigenvalue weighted by molar-refractivity contribution is 6.30. The van der Waals surface area contributed by atoms with E-state index >= 15 is 0 Å². The van der Waals surface area contributed by atoms with Crippen molar-refractivity contribution in [3.63, 3.8) is 0 Å². The molecule has 0 saturated carbocycles. The van der Waals surface area contributed by atoms with E-state index < -0.39 is 0 Å². The van der Waals surface area contributed by atoms with Gasteiger partial charge in [0.15, 0.2) is 6.61 Å². The summed E-state index contributed by atoms with van der Waals surface area (Å²) in [5.74, 6) is 0.447. The van der Waals surface area contributed by atoms with Gasteiger partial charge in [-0.15, -0.1) is 0 Å². The van der Waals surface area contributed by atoms with Crippen LogP contribution in [0.2, 0.25) is 5.02 Å². The van der Waals surface area contributed by atoms with Crippen molar-refractivity contribution in [1.29, 1.82) is 0 Å². The molecule has 0 aromatic heterocycles. The predicted molar refractivity (Wildman–Crippen MR) is 68.2 cm³/mol. The van der Waals surface area contributed by atoms with Crippen LogP contribution in [0.3, 0.4) is 0 Å². The maximum absolute atomic E-state index is 11.5. The van der Waals surface area contributed by atoms with Crippen molar-refractivity contribution in [3.8, 4) is 5.75 Å². The van der Waals surface area contributed by atoms with Crippen LogP contribution in [0.5, 0.6) is 5.75 Å². The third kappa shape index (κ3) is 5.06. The van der Waals surface area contributed by atoms with Crippen LogP contribution in [0.4, 0.5) is 0 Å². The Morgan fingerprint density at radius 1 is 1.47 bits per heavy atom. The number of hydrogen-bond donors (Lipinski definition) is 2. The second-order valence-corrected chi connectivity index (χ2v) is 4.09. The smallest absolute Gasteiger partial charge is 0.258 e. The first-order valence-electron chi connectivity index (χ1n) is 5.53. The lowest BCUT2D eigenvalue weighted by Crippen LogP contribution is -2.41. The molecule has 0 saturated heterocycles. The van der Waals surface area contributed by atoms with E-state index in [1.165, 1.54) is 0 Å². The van der Waals surface area contributed by atoms with Crippen molar-refractivity contribution in [1.82, 2.24) is 5.32 Å². The molecular weight excluding hydrogens is 240 g/mol. The number of rotatable bonds is 6. The minimum Gasteiger partial charge on any atom is -0.484 e. The molecule has 4 nitrogen and oxygen atoms in total. The Kier molecular flexibility index (Phi) is 5.80. The molecule has 1 rings (SSSR count). The van der Waals surface area contributed by atoms with Crippen LogP contribution >= 0.6 is 11.6 Å². The number of halogens is 1. The molecule has 1 amide bonds. The Balaban J connectivity index is 2.35. The van der Waals surface area contributed by atoms with E-state index in [0.717, 1.165) is 6.42 Å². The van der Waals surface area contributed by atoms with E-state index in [4.69, 9.17) is 22.1 Å². The number of nitrogens with two attached hydrogens (primary N) is 1. The summed E-state index contributed by atoms with van der Waals surface area (Å²) in [5, 5.41) is 3.42. The number of ether oxygens (including phenoxy) is 1. The van der Waals surface area contributed by atoms with Gasteiger partial charge in [0.2, 0.25) is 0 Å². The van der Waals surface area contributed by atoms with E-state index in [9.17, 15) is 4.79 Å². The van der Waals surface area contributed by atoms with Crippen LogP contribution in [-0.2, 0) is 4.79 Å². The van der Waals surface area contributed by atoms with Gasteiger partial charge in [0, 0.05) is 17.6 Å². The van der Waals surface area contributed by atoms with Gasteiger partial charge in [-0.25, -0.2) is 0 Å². The Morgan fingerprint density at radius 3 is 2.65 bits per heavy atom. The lowest BCUT2D eigenvalue weighted by Gasteiger charge is -2.14. The van der Waals surface area contributed by atoms with Gasteiger partial charge in [-0.05, 0) is 30.7 Å². The third-order valence-electron chi connectivity index (χ3n) is 2.33. The van der Waals surface area contributed by atoms with Crippen LogP contribution in [0.25, 0.3) is 0 Å². The molecule has 0 bridgehead atoms. The summed E-state index contributed by atoms with van der Waals surface area (Å²) in [7, 11) is 0. The Morgan fingerprint density at radius 2 is 2.12 bits per heavy atom. The van der Waals surface area contributed by atoms with E-state index in [-0.39, 0.29) is 18.6 Å². The highest BCUT2D eigenvalue weighted by atomic mass is 35.5. The molecule has 1 atom stereocenters. The maximum Gasteiger partial charge on any atom is 0.258 e. The Hall–Kier alpha value is -1.26. The van der Waals surface area contributed by atoms with Crippen LogP contribution in [-0.4, -0.2) is 25.1 Å². The molecule has 5 heteroatoms. The molecule has 1 aromatic rings. The molecule has 0 spiro atoms. The molecule has 0 aliphatic heterocycles. The van der Waals surface area contributed by atoms with Gasteiger partial charge in [-0.2, -0.15) is 0 Å². The van der Waals surface area contributed by atoms with Crippen LogP contribution in [0.15, 0.2) is 24.3 Å². The molecule has 0 fully saturated rings. The first-order chi connectivity index (χ1) is 8.15. The number of benzene rings is 1. The van der Waals surface area contributed by atoms with Crippen molar-refractivity contribution >= 4 is 17.5 Å². The molecule has 3 N–H and O–H groups in total. The predicted octanol–water partition coefficient (Wildman–Crippen LogP) is 1.57. The highest BCUT2D eigenvalue weighted by Gasteiger charge is 2.08. The van der Waals surface area contributed by atoms with Crippen LogP contribution in [0.1, 0.15) is 13.3 Å². The van der Waals surface area contributed by atoms with E-state index in [1.54, 1.807) is 24.3 Å². The van der Waals surface area contributed by atoms with E-state index in [1.807, 2.05) is 6.92 Å². The van der Waals surface area contributed by atoms with Gasteiger partial charge in [-0.3, -0.25) is 4.79 Å². The molecule has 1 unspecified atom stereocenters. The highest BCUT2D eigenvalue weighted by Crippen LogP contribution is 2.15. The fourth-order valence-corrected chi connectivity index (χ4v) is 1.40. The standard InChI is InChI=1S/C12H17ClN2O2/c1-2-10(7-14)15-12(16)8-17-11-5-3-9(13)4-6-11/h3-6,10H,2,7-8,14H2,1H3,(H,15,16).